The Morgan fingerprint density at radius 3 is 2.31 bits per heavy atom. The molecule has 2 aromatic carbocycles. The highest BCUT2D eigenvalue weighted by atomic mass is 35.5. The first kappa shape index (κ1) is 18.2. The lowest BCUT2D eigenvalue weighted by Crippen LogP contribution is -2.10. The zero-order chi connectivity index (χ0) is 17.4. The molecule has 26 heavy (non-hydrogen) atoms. The molecule has 0 saturated heterocycles. The van der Waals surface area contributed by atoms with Gasteiger partial charge in [-0.15, -0.1) is 12.4 Å². The average Bonchev–Trinajstić information content (AvgIpc) is 3.22. The molecule has 0 saturated carbocycles. The number of ether oxygens (including phenoxy) is 1. The number of fused-ring (bicyclic) bond motifs is 1. The van der Waals surface area contributed by atoms with Crippen molar-refractivity contribution in [1.29, 1.82) is 0 Å². The SMILES string of the molecule is COC(=O)c1c(-c2ccc(F)cc2)c(-c2ccccc2)c2n1CCC2.Cl. The fraction of sp³-hybridized carbons (Fsp3) is 0.190. The van der Waals surface area contributed by atoms with Crippen LogP contribution in [-0.4, -0.2) is 17.6 Å². The van der Waals surface area contributed by atoms with Crippen molar-refractivity contribution in [3.05, 3.63) is 71.8 Å². The highest BCUT2D eigenvalue weighted by Gasteiger charge is 2.31. The summed E-state index contributed by atoms with van der Waals surface area (Å²) in [7, 11) is 1.40. The summed E-state index contributed by atoms with van der Waals surface area (Å²) in [6.07, 6.45) is 1.91. The normalized spacial score (nSPS) is 12.4. The number of methoxy groups -OCH3 is 1. The van der Waals surface area contributed by atoms with Gasteiger partial charge < -0.3 is 9.30 Å². The number of hydrogen-bond acceptors (Lipinski definition) is 2. The first-order valence-corrected chi connectivity index (χ1v) is 8.35. The number of benzene rings is 2. The molecule has 0 N–H and O–H groups in total. The second kappa shape index (κ2) is 7.34. The summed E-state index contributed by atoms with van der Waals surface area (Å²) in [4.78, 5) is 12.6. The summed E-state index contributed by atoms with van der Waals surface area (Å²) in [5.74, 6) is -0.652. The van der Waals surface area contributed by atoms with E-state index in [-0.39, 0.29) is 24.2 Å². The molecular weight excluding hydrogens is 353 g/mol. The smallest absolute Gasteiger partial charge is 0.355 e. The quantitative estimate of drug-likeness (QED) is 0.598. The van der Waals surface area contributed by atoms with Crippen molar-refractivity contribution in [2.24, 2.45) is 0 Å². The van der Waals surface area contributed by atoms with E-state index in [1.54, 1.807) is 12.1 Å². The Kier molecular flexibility index (Phi) is 5.14. The Labute approximate surface area is 157 Å². The Morgan fingerprint density at radius 2 is 1.65 bits per heavy atom. The van der Waals surface area contributed by atoms with Crippen LogP contribution < -0.4 is 0 Å². The maximum atomic E-state index is 13.4. The van der Waals surface area contributed by atoms with Crippen molar-refractivity contribution in [1.82, 2.24) is 4.57 Å². The van der Waals surface area contributed by atoms with Gasteiger partial charge in [-0.3, -0.25) is 0 Å². The third-order valence-corrected chi connectivity index (χ3v) is 4.74. The lowest BCUT2D eigenvalue weighted by Gasteiger charge is -2.10. The molecule has 2 heterocycles. The molecule has 5 heteroatoms. The van der Waals surface area contributed by atoms with Crippen LogP contribution in [0.4, 0.5) is 4.39 Å². The summed E-state index contributed by atoms with van der Waals surface area (Å²) in [6.45, 7) is 0.792. The Bertz CT molecular complexity index is 933. The number of aromatic nitrogens is 1. The Hall–Kier alpha value is -2.59. The van der Waals surface area contributed by atoms with E-state index in [2.05, 4.69) is 4.57 Å². The molecule has 3 aromatic rings. The molecule has 0 aliphatic carbocycles. The first-order chi connectivity index (χ1) is 12.2. The highest BCUT2D eigenvalue weighted by Crippen LogP contribution is 2.43. The molecule has 0 unspecified atom stereocenters. The van der Waals surface area contributed by atoms with Crippen LogP contribution >= 0.6 is 12.4 Å². The van der Waals surface area contributed by atoms with Crippen molar-refractivity contribution in [3.63, 3.8) is 0 Å². The molecule has 0 amide bonds. The second-order valence-electron chi connectivity index (χ2n) is 6.16. The summed E-state index contributed by atoms with van der Waals surface area (Å²) >= 11 is 0. The van der Waals surface area contributed by atoms with Crippen molar-refractivity contribution >= 4 is 18.4 Å². The van der Waals surface area contributed by atoms with Crippen LogP contribution in [0.2, 0.25) is 0 Å². The Morgan fingerprint density at radius 1 is 1.00 bits per heavy atom. The molecule has 3 nitrogen and oxygen atoms in total. The monoisotopic (exact) mass is 371 g/mol. The predicted molar refractivity (Wildman–Crippen MR) is 102 cm³/mol. The van der Waals surface area contributed by atoms with Gasteiger partial charge in [0.25, 0.3) is 0 Å². The third kappa shape index (κ3) is 2.90. The van der Waals surface area contributed by atoms with Gasteiger partial charge in [0.15, 0.2) is 0 Å². The molecule has 134 valence electrons. The molecule has 0 spiro atoms. The molecule has 0 fully saturated rings. The topological polar surface area (TPSA) is 31.2 Å². The zero-order valence-electron chi connectivity index (χ0n) is 14.4. The summed E-state index contributed by atoms with van der Waals surface area (Å²) in [5.41, 5.74) is 5.45. The summed E-state index contributed by atoms with van der Waals surface area (Å²) < 4.78 is 20.5. The number of carbonyl (C=O) groups excluding carboxylic acids is 1. The molecule has 0 atom stereocenters. The van der Waals surface area contributed by atoms with E-state index in [4.69, 9.17) is 4.74 Å². The minimum Gasteiger partial charge on any atom is -0.464 e. The van der Waals surface area contributed by atoms with Gasteiger partial charge >= 0.3 is 5.97 Å². The standard InChI is InChI=1S/C21H18FNO2.ClH/c1-25-21(24)20-19(15-9-11-16(22)12-10-15)18(14-6-3-2-4-7-14)17-8-5-13-23(17)20;/h2-4,6-7,9-12H,5,8,13H2,1H3;1H. The van der Waals surface area contributed by atoms with Gasteiger partial charge in [0.2, 0.25) is 0 Å². The van der Waals surface area contributed by atoms with Crippen LogP contribution in [0.25, 0.3) is 22.3 Å². The number of carbonyl (C=O) groups is 1. The van der Waals surface area contributed by atoms with E-state index in [9.17, 15) is 9.18 Å². The lowest BCUT2D eigenvalue weighted by atomic mass is 9.93. The lowest BCUT2D eigenvalue weighted by molar-refractivity contribution is 0.0590. The van der Waals surface area contributed by atoms with Crippen LogP contribution in [-0.2, 0) is 17.7 Å². The minimum absolute atomic E-state index is 0. The summed E-state index contributed by atoms with van der Waals surface area (Å²) in [5, 5.41) is 0. The second-order valence-corrected chi connectivity index (χ2v) is 6.16. The van der Waals surface area contributed by atoms with Crippen LogP contribution in [0.1, 0.15) is 22.6 Å². The van der Waals surface area contributed by atoms with Crippen LogP contribution in [0.15, 0.2) is 54.6 Å². The molecular formula is C21H19ClFNO2. The van der Waals surface area contributed by atoms with Crippen molar-refractivity contribution in [2.45, 2.75) is 19.4 Å². The fourth-order valence-corrected chi connectivity index (χ4v) is 3.70. The number of hydrogen-bond donors (Lipinski definition) is 0. The molecule has 0 bridgehead atoms. The van der Waals surface area contributed by atoms with Gasteiger partial charge in [0.1, 0.15) is 11.5 Å². The zero-order valence-corrected chi connectivity index (χ0v) is 15.2. The maximum Gasteiger partial charge on any atom is 0.355 e. The van der Waals surface area contributed by atoms with Gasteiger partial charge in [-0.1, -0.05) is 42.5 Å². The van der Waals surface area contributed by atoms with Crippen molar-refractivity contribution < 1.29 is 13.9 Å². The average molecular weight is 372 g/mol. The fourth-order valence-electron chi connectivity index (χ4n) is 3.70. The number of halogens is 2. The largest absolute Gasteiger partial charge is 0.464 e. The Balaban J connectivity index is 0.00000196. The van der Waals surface area contributed by atoms with Gasteiger partial charge in [0.05, 0.1) is 7.11 Å². The highest BCUT2D eigenvalue weighted by molar-refractivity contribution is 6.02. The third-order valence-electron chi connectivity index (χ3n) is 4.74. The van der Waals surface area contributed by atoms with Gasteiger partial charge in [-0.2, -0.15) is 0 Å². The first-order valence-electron chi connectivity index (χ1n) is 8.35. The van der Waals surface area contributed by atoms with Crippen molar-refractivity contribution in [3.8, 4) is 22.3 Å². The van der Waals surface area contributed by atoms with E-state index in [1.807, 2.05) is 30.3 Å². The molecule has 1 aromatic heterocycles. The van der Waals surface area contributed by atoms with Gasteiger partial charge in [-0.25, -0.2) is 9.18 Å². The van der Waals surface area contributed by atoms with Crippen LogP contribution in [0, 0.1) is 5.82 Å². The van der Waals surface area contributed by atoms with E-state index < -0.39 is 0 Å². The van der Waals surface area contributed by atoms with E-state index >= 15 is 0 Å². The van der Waals surface area contributed by atoms with Crippen LogP contribution in [0.3, 0.4) is 0 Å². The van der Waals surface area contributed by atoms with Crippen LogP contribution in [0.5, 0.6) is 0 Å². The van der Waals surface area contributed by atoms with E-state index in [0.717, 1.165) is 47.3 Å². The minimum atomic E-state index is -0.357. The maximum absolute atomic E-state index is 13.4. The predicted octanol–water partition coefficient (Wildman–Crippen LogP) is 5.12. The molecule has 1 aliphatic heterocycles. The number of rotatable bonds is 3. The van der Waals surface area contributed by atoms with E-state index in [1.165, 1.54) is 19.2 Å². The summed E-state index contributed by atoms with van der Waals surface area (Å²) in [6, 6.07) is 16.3. The number of esters is 1. The van der Waals surface area contributed by atoms with Crippen molar-refractivity contribution in [2.75, 3.05) is 7.11 Å². The molecule has 0 radical (unpaired) electrons. The van der Waals surface area contributed by atoms with Gasteiger partial charge in [0, 0.05) is 23.4 Å². The van der Waals surface area contributed by atoms with E-state index in [0.29, 0.717) is 5.69 Å². The molecule has 4 rings (SSSR count). The molecule has 1 aliphatic rings. The van der Waals surface area contributed by atoms with Gasteiger partial charge in [-0.05, 0) is 36.1 Å². The number of nitrogens with zero attached hydrogens (tertiary/aromatic N) is 1.